The van der Waals surface area contributed by atoms with Gasteiger partial charge in [0.25, 0.3) is 0 Å². The highest BCUT2D eigenvalue weighted by molar-refractivity contribution is 5.96. The van der Waals surface area contributed by atoms with Crippen molar-refractivity contribution in [1.82, 2.24) is 19.5 Å². The van der Waals surface area contributed by atoms with E-state index in [1.54, 1.807) is 50.5 Å². The molecule has 1 aliphatic carbocycles. The number of nitrogens with zero attached hydrogens (tertiary/aromatic N) is 5. The van der Waals surface area contributed by atoms with Crippen molar-refractivity contribution in [3.05, 3.63) is 47.4 Å². The van der Waals surface area contributed by atoms with Crippen molar-refractivity contribution < 1.29 is 23.8 Å². The van der Waals surface area contributed by atoms with Crippen molar-refractivity contribution in [2.45, 2.75) is 71.3 Å². The Kier molecular flexibility index (Phi) is 7.57. The molecular weight excluding hydrogens is 515 g/mol. The average molecular weight is 553 g/mol. The number of carbonyl (C=O) groups is 2. The largest absolute Gasteiger partial charge is 0.465 e. The van der Waals surface area contributed by atoms with Crippen LogP contribution in [0, 0.1) is 18.7 Å². The third-order valence-electron chi connectivity index (χ3n) is 7.48. The smallest absolute Gasteiger partial charge is 0.420 e. The fraction of sp³-hybridized carbons (Fsp3) is 0.517. The van der Waals surface area contributed by atoms with Crippen molar-refractivity contribution in [1.29, 1.82) is 0 Å². The van der Waals surface area contributed by atoms with Gasteiger partial charge < -0.3 is 20.1 Å². The fourth-order valence-corrected chi connectivity index (χ4v) is 5.36. The van der Waals surface area contributed by atoms with Crippen LogP contribution in [0.25, 0.3) is 5.65 Å². The van der Waals surface area contributed by atoms with E-state index in [-0.39, 0.29) is 5.92 Å². The number of likely N-dealkylation sites (tertiary alicyclic amines) is 1. The number of hydrogen-bond donors (Lipinski definition) is 2. The Hall–Kier alpha value is -3.89. The first-order chi connectivity index (χ1) is 19.0. The number of benzene rings is 1. The number of halogens is 1. The monoisotopic (exact) mass is 552 g/mol. The van der Waals surface area contributed by atoms with Crippen LogP contribution in [0.4, 0.5) is 31.3 Å². The number of amides is 2. The van der Waals surface area contributed by atoms with E-state index < -0.39 is 23.6 Å². The minimum absolute atomic E-state index is 0.121. The second kappa shape index (κ2) is 10.9. The van der Waals surface area contributed by atoms with Crippen LogP contribution in [-0.2, 0) is 4.74 Å². The Labute approximate surface area is 233 Å². The van der Waals surface area contributed by atoms with Gasteiger partial charge in [-0.1, -0.05) is 6.42 Å². The van der Waals surface area contributed by atoms with E-state index in [4.69, 9.17) is 9.72 Å². The molecule has 0 radical (unpaired) electrons. The minimum Gasteiger partial charge on any atom is -0.465 e. The lowest BCUT2D eigenvalue weighted by Crippen LogP contribution is -2.41. The predicted octanol–water partition coefficient (Wildman–Crippen LogP) is 6.32. The number of carbonyl (C=O) groups excluding carboxylic acids is 1. The van der Waals surface area contributed by atoms with Gasteiger partial charge >= 0.3 is 12.2 Å². The van der Waals surface area contributed by atoms with Crippen molar-refractivity contribution in [2.24, 2.45) is 5.92 Å². The molecule has 3 aromatic rings. The molecule has 1 aliphatic heterocycles. The summed E-state index contributed by atoms with van der Waals surface area (Å²) in [6.45, 7) is 8.61. The van der Waals surface area contributed by atoms with Gasteiger partial charge in [-0.05, 0) is 89.0 Å². The van der Waals surface area contributed by atoms with Crippen molar-refractivity contribution >= 4 is 35.2 Å². The zero-order chi connectivity index (χ0) is 28.6. The fourth-order valence-electron chi connectivity index (χ4n) is 5.36. The lowest BCUT2D eigenvalue weighted by Gasteiger charge is -2.31. The Morgan fingerprint density at radius 3 is 2.60 bits per heavy atom. The first-order valence-electron chi connectivity index (χ1n) is 13.9. The second-order valence-corrected chi connectivity index (χ2v) is 11.9. The molecule has 1 atom stereocenters. The van der Waals surface area contributed by atoms with Crippen LogP contribution in [0.2, 0.25) is 0 Å². The Bertz CT molecular complexity index is 1390. The molecule has 2 aromatic heterocycles. The molecule has 5 rings (SSSR count). The molecule has 1 saturated heterocycles. The summed E-state index contributed by atoms with van der Waals surface area (Å²) in [6.07, 6.45) is 5.16. The van der Waals surface area contributed by atoms with Gasteiger partial charge in [-0.3, -0.25) is 0 Å². The van der Waals surface area contributed by atoms with Gasteiger partial charge in [0, 0.05) is 31.3 Å². The lowest BCUT2D eigenvalue weighted by molar-refractivity contribution is 0.0597. The van der Waals surface area contributed by atoms with Crippen LogP contribution in [0.1, 0.15) is 69.9 Å². The third-order valence-corrected chi connectivity index (χ3v) is 7.48. The second-order valence-electron chi connectivity index (χ2n) is 11.9. The number of hydrogen-bond acceptors (Lipinski definition) is 6. The van der Waals surface area contributed by atoms with Gasteiger partial charge in [-0.25, -0.2) is 23.9 Å². The number of carboxylic acid groups (broad SMARTS) is 1. The molecule has 2 aliphatic rings. The molecular formula is C29H37FN6O4. The van der Waals surface area contributed by atoms with E-state index in [9.17, 15) is 19.1 Å². The lowest BCUT2D eigenvalue weighted by atomic mass is 9.81. The molecule has 3 heterocycles. The summed E-state index contributed by atoms with van der Waals surface area (Å²) in [5, 5.41) is 17.4. The third kappa shape index (κ3) is 5.97. The zero-order valence-corrected chi connectivity index (χ0v) is 23.5. The Morgan fingerprint density at radius 1 is 1.18 bits per heavy atom. The van der Waals surface area contributed by atoms with Crippen LogP contribution in [0.5, 0.6) is 0 Å². The molecule has 0 spiro atoms. The molecule has 214 valence electrons. The molecule has 0 unspecified atom stereocenters. The number of aromatic nitrogens is 3. The first kappa shape index (κ1) is 27.7. The number of anilines is 3. The molecule has 11 heteroatoms. The molecule has 10 nitrogen and oxygen atoms in total. The number of ether oxygens (including phenoxy) is 1. The summed E-state index contributed by atoms with van der Waals surface area (Å²) in [4.78, 5) is 32.9. The topological polar surface area (TPSA) is 112 Å². The van der Waals surface area contributed by atoms with Crippen LogP contribution in [0.15, 0.2) is 30.5 Å². The molecule has 1 saturated carbocycles. The summed E-state index contributed by atoms with van der Waals surface area (Å²) < 4.78 is 22.0. The van der Waals surface area contributed by atoms with Crippen LogP contribution in [-0.4, -0.2) is 62.0 Å². The van der Waals surface area contributed by atoms with Gasteiger partial charge in [-0.15, -0.1) is 0 Å². The SMILES string of the molecule is Cc1cc(F)cc(N(C(=O)OC(C)(C)C)c2cc(NC[C@H]3CCCN(C(=O)O)C3)nc3c(C4CCC4)cnn23)c1. The van der Waals surface area contributed by atoms with Crippen LogP contribution < -0.4 is 10.2 Å². The highest BCUT2D eigenvalue weighted by Crippen LogP contribution is 2.40. The standard InChI is InChI=1S/C29H37FN6O4/c1-18-11-21(30)13-22(12-18)35(28(39)40-29(2,3)4)25-14-24(31-15-19-7-6-10-34(17-19)27(37)38)33-26-23(16-32-36(25)26)20-8-5-9-20/h11-14,16,19-20H,5-10,15,17H2,1-4H3,(H,31,33)(H,37,38)/t19-/m1/s1. The summed E-state index contributed by atoms with van der Waals surface area (Å²) in [5.74, 6) is 0.881. The Morgan fingerprint density at radius 2 is 1.95 bits per heavy atom. The number of rotatable bonds is 6. The number of nitrogens with one attached hydrogen (secondary N) is 1. The van der Waals surface area contributed by atoms with E-state index in [2.05, 4.69) is 10.4 Å². The van der Waals surface area contributed by atoms with Crippen LogP contribution >= 0.6 is 0 Å². The van der Waals surface area contributed by atoms with Gasteiger partial charge in [0.1, 0.15) is 23.1 Å². The molecule has 2 fully saturated rings. The van der Waals surface area contributed by atoms with Crippen molar-refractivity contribution in [3.8, 4) is 0 Å². The van der Waals surface area contributed by atoms with E-state index in [1.807, 2.05) is 0 Å². The number of aryl methyl sites for hydroxylation is 1. The maximum Gasteiger partial charge on any atom is 0.420 e. The maximum atomic E-state index is 14.6. The quantitative estimate of drug-likeness (QED) is 0.368. The van der Waals surface area contributed by atoms with Gasteiger partial charge in [-0.2, -0.15) is 9.61 Å². The van der Waals surface area contributed by atoms with Gasteiger partial charge in [0.15, 0.2) is 5.65 Å². The maximum absolute atomic E-state index is 14.6. The van der Waals surface area contributed by atoms with E-state index in [0.717, 1.165) is 37.7 Å². The normalized spacial score (nSPS) is 17.9. The first-order valence-corrected chi connectivity index (χ1v) is 13.9. The van der Waals surface area contributed by atoms with E-state index in [0.29, 0.717) is 54.1 Å². The predicted molar refractivity (Wildman–Crippen MR) is 150 cm³/mol. The average Bonchev–Trinajstić information content (AvgIpc) is 3.24. The molecule has 2 N–H and O–H groups in total. The van der Waals surface area contributed by atoms with Gasteiger partial charge in [0.05, 0.1) is 11.9 Å². The summed E-state index contributed by atoms with van der Waals surface area (Å²) in [6, 6.07) is 6.14. The van der Waals surface area contributed by atoms with E-state index in [1.165, 1.54) is 21.9 Å². The van der Waals surface area contributed by atoms with Crippen molar-refractivity contribution in [2.75, 3.05) is 29.9 Å². The molecule has 2 amide bonds. The summed E-state index contributed by atoms with van der Waals surface area (Å²) in [7, 11) is 0. The summed E-state index contributed by atoms with van der Waals surface area (Å²) >= 11 is 0. The molecule has 40 heavy (non-hydrogen) atoms. The zero-order valence-electron chi connectivity index (χ0n) is 23.5. The number of fused-ring (bicyclic) bond motifs is 1. The van der Waals surface area contributed by atoms with Crippen molar-refractivity contribution in [3.63, 3.8) is 0 Å². The number of piperidine rings is 1. The highest BCUT2D eigenvalue weighted by atomic mass is 19.1. The highest BCUT2D eigenvalue weighted by Gasteiger charge is 2.31. The molecule has 0 bridgehead atoms. The van der Waals surface area contributed by atoms with Crippen LogP contribution in [0.3, 0.4) is 0 Å². The van der Waals surface area contributed by atoms with E-state index >= 15 is 0 Å². The Balaban J connectivity index is 1.58. The van der Waals surface area contributed by atoms with Gasteiger partial charge in [0.2, 0.25) is 0 Å². The molecule has 1 aromatic carbocycles. The minimum atomic E-state index is -0.908. The summed E-state index contributed by atoms with van der Waals surface area (Å²) in [5.41, 5.74) is 1.81.